The van der Waals surface area contributed by atoms with Gasteiger partial charge in [0, 0.05) is 25.5 Å². The summed E-state index contributed by atoms with van der Waals surface area (Å²) >= 11 is 5.77. The summed E-state index contributed by atoms with van der Waals surface area (Å²) in [6.07, 6.45) is 3.74. The number of aromatic nitrogens is 2. The van der Waals surface area contributed by atoms with E-state index in [0.29, 0.717) is 12.5 Å². The maximum Gasteiger partial charge on any atom is 0.225 e. The molecular formula is C10H14ClN3O. The molecule has 5 heteroatoms. The largest absolute Gasteiger partial charge is 0.373 e. The van der Waals surface area contributed by atoms with Crippen molar-refractivity contribution in [2.75, 3.05) is 30.5 Å². The highest BCUT2D eigenvalue weighted by Gasteiger charge is 2.21. The molecule has 1 unspecified atom stereocenters. The molecule has 1 fully saturated rings. The fraction of sp³-hybridized carbons (Fsp3) is 0.600. The first-order valence-corrected chi connectivity index (χ1v) is 5.54. The average molecular weight is 228 g/mol. The molecule has 2 rings (SSSR count). The number of alkyl halides is 1. The van der Waals surface area contributed by atoms with Gasteiger partial charge >= 0.3 is 0 Å². The summed E-state index contributed by atoms with van der Waals surface area (Å²) < 4.78 is 5.47. The minimum atomic E-state index is 0.0883. The molecule has 0 bridgehead atoms. The van der Waals surface area contributed by atoms with Crippen LogP contribution in [0.3, 0.4) is 0 Å². The van der Waals surface area contributed by atoms with E-state index in [9.17, 15) is 0 Å². The summed E-state index contributed by atoms with van der Waals surface area (Å²) in [6, 6.07) is 0. The number of rotatable bonds is 2. The maximum absolute atomic E-state index is 5.77. The third kappa shape index (κ3) is 2.58. The lowest BCUT2D eigenvalue weighted by Gasteiger charge is -2.31. The summed E-state index contributed by atoms with van der Waals surface area (Å²) in [4.78, 5) is 10.7. The number of ether oxygens (including phenoxy) is 1. The van der Waals surface area contributed by atoms with Gasteiger partial charge in [-0.05, 0) is 12.5 Å². The van der Waals surface area contributed by atoms with Crippen molar-refractivity contribution in [2.24, 2.45) is 0 Å². The first-order valence-electron chi connectivity index (χ1n) is 5.01. The van der Waals surface area contributed by atoms with Crippen LogP contribution in [0.5, 0.6) is 0 Å². The predicted molar refractivity (Wildman–Crippen MR) is 59.4 cm³/mol. The lowest BCUT2D eigenvalue weighted by atomic mass is 10.3. The van der Waals surface area contributed by atoms with E-state index in [1.807, 2.05) is 19.3 Å². The smallest absolute Gasteiger partial charge is 0.225 e. The topological polar surface area (TPSA) is 38.2 Å². The van der Waals surface area contributed by atoms with Gasteiger partial charge in [-0.2, -0.15) is 0 Å². The lowest BCUT2D eigenvalue weighted by molar-refractivity contribution is 0.0548. The predicted octanol–water partition coefficient (Wildman–Crippen LogP) is 1.23. The van der Waals surface area contributed by atoms with E-state index in [1.165, 1.54) is 0 Å². The SMILES string of the molecule is Cc1cnc(N2CCOC(CCl)C2)nc1. The van der Waals surface area contributed by atoms with Gasteiger partial charge < -0.3 is 9.64 Å². The zero-order valence-electron chi connectivity index (χ0n) is 8.69. The van der Waals surface area contributed by atoms with Crippen LogP contribution in [-0.2, 0) is 4.74 Å². The minimum absolute atomic E-state index is 0.0883. The van der Waals surface area contributed by atoms with Crippen molar-refractivity contribution in [3.63, 3.8) is 0 Å². The second kappa shape index (κ2) is 4.77. The number of aryl methyl sites for hydroxylation is 1. The Labute approximate surface area is 94.2 Å². The van der Waals surface area contributed by atoms with E-state index in [-0.39, 0.29) is 6.10 Å². The highest BCUT2D eigenvalue weighted by Crippen LogP contribution is 2.13. The van der Waals surface area contributed by atoms with Crippen LogP contribution in [0.1, 0.15) is 5.56 Å². The molecule has 1 atom stereocenters. The number of nitrogens with zero attached hydrogens (tertiary/aromatic N) is 3. The normalized spacial score (nSPS) is 21.7. The highest BCUT2D eigenvalue weighted by molar-refractivity contribution is 6.18. The molecule has 1 aliphatic heterocycles. The van der Waals surface area contributed by atoms with E-state index in [2.05, 4.69) is 14.9 Å². The molecule has 1 aromatic heterocycles. The zero-order chi connectivity index (χ0) is 10.7. The van der Waals surface area contributed by atoms with Gasteiger partial charge in [-0.25, -0.2) is 9.97 Å². The Morgan fingerprint density at radius 3 is 2.93 bits per heavy atom. The Hall–Kier alpha value is -0.870. The molecule has 0 amide bonds. The molecule has 1 aliphatic rings. The quantitative estimate of drug-likeness (QED) is 0.713. The Morgan fingerprint density at radius 1 is 1.53 bits per heavy atom. The summed E-state index contributed by atoms with van der Waals surface area (Å²) in [7, 11) is 0. The molecule has 1 saturated heterocycles. The molecule has 0 aliphatic carbocycles. The van der Waals surface area contributed by atoms with Crippen molar-refractivity contribution in [3.8, 4) is 0 Å². The van der Waals surface area contributed by atoms with Gasteiger partial charge in [-0.3, -0.25) is 0 Å². The van der Waals surface area contributed by atoms with Gasteiger partial charge in [-0.1, -0.05) is 0 Å². The second-order valence-corrected chi connectivity index (χ2v) is 3.96. The van der Waals surface area contributed by atoms with Gasteiger partial charge in [-0.15, -0.1) is 11.6 Å². The first kappa shape index (κ1) is 10.6. The minimum Gasteiger partial charge on any atom is -0.373 e. The van der Waals surface area contributed by atoms with E-state index in [1.54, 1.807) is 0 Å². The molecule has 15 heavy (non-hydrogen) atoms. The third-order valence-electron chi connectivity index (χ3n) is 2.36. The fourth-order valence-corrected chi connectivity index (χ4v) is 1.73. The van der Waals surface area contributed by atoms with Crippen molar-refractivity contribution >= 4 is 17.5 Å². The molecule has 4 nitrogen and oxygen atoms in total. The van der Waals surface area contributed by atoms with Gasteiger partial charge in [0.1, 0.15) is 0 Å². The van der Waals surface area contributed by atoms with Crippen LogP contribution in [0.4, 0.5) is 5.95 Å². The van der Waals surface area contributed by atoms with E-state index < -0.39 is 0 Å². The van der Waals surface area contributed by atoms with Crippen molar-refractivity contribution in [2.45, 2.75) is 13.0 Å². The van der Waals surface area contributed by atoms with Crippen molar-refractivity contribution in [1.82, 2.24) is 9.97 Å². The fourth-order valence-electron chi connectivity index (χ4n) is 1.54. The molecule has 1 aromatic rings. The molecule has 0 spiro atoms. The van der Waals surface area contributed by atoms with Gasteiger partial charge in [0.15, 0.2) is 0 Å². The van der Waals surface area contributed by atoms with Gasteiger partial charge in [0.25, 0.3) is 0 Å². The van der Waals surface area contributed by atoms with Crippen LogP contribution in [0.25, 0.3) is 0 Å². The molecular weight excluding hydrogens is 214 g/mol. The number of hydrogen-bond donors (Lipinski definition) is 0. The van der Waals surface area contributed by atoms with Gasteiger partial charge in [0.05, 0.1) is 18.6 Å². The summed E-state index contributed by atoms with van der Waals surface area (Å²) in [5.74, 6) is 1.28. The summed E-state index contributed by atoms with van der Waals surface area (Å²) in [5, 5.41) is 0. The Kier molecular flexibility index (Phi) is 3.38. The maximum atomic E-state index is 5.77. The molecule has 0 N–H and O–H groups in total. The molecule has 2 heterocycles. The van der Waals surface area contributed by atoms with Crippen molar-refractivity contribution in [3.05, 3.63) is 18.0 Å². The summed E-state index contributed by atoms with van der Waals surface area (Å²) in [5.41, 5.74) is 1.07. The number of morpholine rings is 1. The van der Waals surface area contributed by atoms with E-state index in [4.69, 9.17) is 16.3 Å². The van der Waals surface area contributed by atoms with E-state index in [0.717, 1.165) is 24.6 Å². The third-order valence-corrected chi connectivity index (χ3v) is 2.71. The number of anilines is 1. The Morgan fingerprint density at radius 2 is 2.27 bits per heavy atom. The van der Waals surface area contributed by atoms with Crippen LogP contribution in [0.15, 0.2) is 12.4 Å². The Bertz CT molecular complexity index is 317. The molecule has 82 valence electrons. The van der Waals surface area contributed by atoms with Crippen LogP contribution >= 0.6 is 11.6 Å². The average Bonchev–Trinajstić information content (AvgIpc) is 2.30. The highest BCUT2D eigenvalue weighted by atomic mass is 35.5. The van der Waals surface area contributed by atoms with Crippen LogP contribution in [0, 0.1) is 6.92 Å². The number of hydrogen-bond acceptors (Lipinski definition) is 4. The van der Waals surface area contributed by atoms with Crippen molar-refractivity contribution < 1.29 is 4.74 Å². The summed E-state index contributed by atoms with van der Waals surface area (Å²) in [6.45, 7) is 4.27. The van der Waals surface area contributed by atoms with E-state index >= 15 is 0 Å². The first-order chi connectivity index (χ1) is 7.29. The zero-order valence-corrected chi connectivity index (χ0v) is 9.44. The van der Waals surface area contributed by atoms with Crippen LogP contribution < -0.4 is 4.90 Å². The monoisotopic (exact) mass is 227 g/mol. The van der Waals surface area contributed by atoms with Gasteiger partial charge in [0.2, 0.25) is 5.95 Å². The lowest BCUT2D eigenvalue weighted by Crippen LogP contribution is -2.44. The molecule has 0 aromatic carbocycles. The van der Waals surface area contributed by atoms with Crippen LogP contribution in [0.2, 0.25) is 0 Å². The number of halogens is 1. The standard InChI is InChI=1S/C10H14ClN3O/c1-8-5-12-10(13-6-8)14-2-3-15-9(4-11)7-14/h5-6,9H,2-4,7H2,1H3. The Balaban J connectivity index is 2.06. The second-order valence-electron chi connectivity index (χ2n) is 3.65. The molecule has 0 radical (unpaired) electrons. The van der Waals surface area contributed by atoms with Crippen LogP contribution in [-0.4, -0.2) is 41.6 Å². The van der Waals surface area contributed by atoms with Crippen molar-refractivity contribution in [1.29, 1.82) is 0 Å². The molecule has 0 saturated carbocycles.